The number of benzene rings is 1. The number of nitrogens with one attached hydrogen (secondary N) is 1. The van der Waals surface area contributed by atoms with Crippen molar-refractivity contribution in [2.24, 2.45) is 0 Å². The van der Waals surface area contributed by atoms with E-state index in [2.05, 4.69) is 37.1 Å². The molecular formula is C23H25N5O2. The summed E-state index contributed by atoms with van der Waals surface area (Å²) in [6.45, 7) is 9.05. The van der Waals surface area contributed by atoms with Crippen LogP contribution >= 0.6 is 0 Å². The smallest absolute Gasteiger partial charge is 0.259 e. The van der Waals surface area contributed by atoms with Gasteiger partial charge in [0.2, 0.25) is 0 Å². The lowest BCUT2D eigenvalue weighted by Gasteiger charge is -2.11. The van der Waals surface area contributed by atoms with Crippen molar-refractivity contribution in [3.8, 4) is 0 Å². The summed E-state index contributed by atoms with van der Waals surface area (Å²) in [5.41, 5.74) is 4.62. The molecule has 3 heterocycles. The number of aromatic nitrogens is 4. The van der Waals surface area contributed by atoms with E-state index in [0.717, 1.165) is 29.2 Å². The van der Waals surface area contributed by atoms with E-state index in [1.165, 1.54) is 0 Å². The number of hydrogen-bond acceptors (Lipinski definition) is 5. The van der Waals surface area contributed by atoms with E-state index in [1.54, 1.807) is 6.20 Å². The first-order valence-corrected chi connectivity index (χ1v) is 10.0. The van der Waals surface area contributed by atoms with E-state index in [4.69, 9.17) is 4.52 Å². The Balaban J connectivity index is 1.53. The maximum absolute atomic E-state index is 13.0. The molecule has 4 rings (SSSR count). The first kappa shape index (κ1) is 19.8. The number of rotatable bonds is 6. The Morgan fingerprint density at radius 1 is 1.20 bits per heavy atom. The molecule has 7 nitrogen and oxygen atoms in total. The summed E-state index contributed by atoms with van der Waals surface area (Å²) in [5.74, 6) is 0.988. The maximum Gasteiger partial charge on any atom is 0.259 e. The van der Waals surface area contributed by atoms with Gasteiger partial charge in [-0.2, -0.15) is 0 Å². The third kappa shape index (κ3) is 3.96. The number of pyridine rings is 1. The largest absolute Gasteiger partial charge is 0.348 e. The van der Waals surface area contributed by atoms with E-state index in [0.29, 0.717) is 28.9 Å². The number of hydrogen-bond donors (Lipinski definition) is 1. The second-order valence-corrected chi connectivity index (χ2v) is 7.80. The summed E-state index contributed by atoms with van der Waals surface area (Å²) < 4.78 is 7.41. The molecular weight excluding hydrogens is 378 g/mol. The Kier molecular flexibility index (Phi) is 5.35. The number of amides is 1. The first-order valence-electron chi connectivity index (χ1n) is 10.0. The van der Waals surface area contributed by atoms with Crippen LogP contribution in [0.25, 0.3) is 11.1 Å². The van der Waals surface area contributed by atoms with Crippen LogP contribution in [0.3, 0.4) is 0 Å². The lowest BCUT2D eigenvalue weighted by atomic mass is 10.0. The van der Waals surface area contributed by atoms with Crippen LogP contribution in [0.4, 0.5) is 0 Å². The van der Waals surface area contributed by atoms with E-state index in [-0.39, 0.29) is 11.8 Å². The van der Waals surface area contributed by atoms with Crippen LogP contribution in [0.2, 0.25) is 0 Å². The monoisotopic (exact) mass is 403 g/mol. The standard InChI is InChI=1S/C23H25N5O2/c1-14(2)20-11-19(21-15(3)27-30-23(21)26-20)22(29)25-12-17-6-5-7-18(10-17)13-28-9-8-24-16(28)4/h5-11,14H,12-13H2,1-4H3,(H,25,29). The quantitative estimate of drug-likeness (QED) is 0.523. The second kappa shape index (κ2) is 8.10. The molecule has 7 heteroatoms. The summed E-state index contributed by atoms with van der Waals surface area (Å²) in [5, 5.41) is 7.69. The van der Waals surface area contributed by atoms with Crippen molar-refractivity contribution in [1.29, 1.82) is 0 Å². The van der Waals surface area contributed by atoms with Crippen LogP contribution in [0, 0.1) is 13.8 Å². The van der Waals surface area contributed by atoms with Crippen LogP contribution in [0.15, 0.2) is 47.2 Å². The van der Waals surface area contributed by atoms with Crippen molar-refractivity contribution < 1.29 is 9.32 Å². The molecule has 0 fully saturated rings. The third-order valence-corrected chi connectivity index (χ3v) is 5.19. The molecule has 154 valence electrons. The third-order valence-electron chi connectivity index (χ3n) is 5.19. The second-order valence-electron chi connectivity index (χ2n) is 7.80. The SMILES string of the molecule is Cc1noc2nc(C(C)C)cc(C(=O)NCc3cccc(Cn4ccnc4C)c3)c12. The van der Waals surface area contributed by atoms with Crippen LogP contribution in [0.1, 0.15) is 58.5 Å². The van der Waals surface area contributed by atoms with Gasteiger partial charge in [-0.15, -0.1) is 0 Å². The lowest BCUT2D eigenvalue weighted by molar-refractivity contribution is 0.0952. The zero-order valence-corrected chi connectivity index (χ0v) is 17.6. The Morgan fingerprint density at radius 3 is 2.73 bits per heavy atom. The van der Waals surface area contributed by atoms with Gasteiger partial charge < -0.3 is 14.4 Å². The highest BCUT2D eigenvalue weighted by Gasteiger charge is 2.19. The Bertz CT molecular complexity index is 1210. The summed E-state index contributed by atoms with van der Waals surface area (Å²) in [4.78, 5) is 21.8. The van der Waals surface area contributed by atoms with Gasteiger partial charge in [0.05, 0.1) is 16.6 Å². The molecule has 0 aliphatic carbocycles. The molecule has 1 aromatic carbocycles. The van der Waals surface area contributed by atoms with Crippen LogP contribution in [-0.2, 0) is 13.1 Å². The molecule has 0 saturated carbocycles. The zero-order chi connectivity index (χ0) is 21.3. The van der Waals surface area contributed by atoms with E-state index in [1.807, 2.05) is 52.1 Å². The maximum atomic E-state index is 13.0. The Labute approximate surface area is 175 Å². The van der Waals surface area contributed by atoms with Crippen molar-refractivity contribution in [3.05, 3.63) is 76.6 Å². The summed E-state index contributed by atoms with van der Waals surface area (Å²) >= 11 is 0. The summed E-state index contributed by atoms with van der Waals surface area (Å²) in [6, 6.07) is 10.0. The highest BCUT2D eigenvalue weighted by Crippen LogP contribution is 2.25. The van der Waals surface area contributed by atoms with Gasteiger partial charge in [-0.05, 0) is 37.0 Å². The number of carbonyl (C=O) groups is 1. The van der Waals surface area contributed by atoms with Crippen molar-refractivity contribution in [1.82, 2.24) is 25.0 Å². The van der Waals surface area contributed by atoms with Gasteiger partial charge in [0.15, 0.2) is 0 Å². The first-order chi connectivity index (χ1) is 14.4. The molecule has 0 atom stereocenters. The van der Waals surface area contributed by atoms with Crippen molar-refractivity contribution in [2.75, 3.05) is 0 Å². The van der Waals surface area contributed by atoms with E-state index >= 15 is 0 Å². The minimum Gasteiger partial charge on any atom is -0.348 e. The lowest BCUT2D eigenvalue weighted by Crippen LogP contribution is -2.23. The average molecular weight is 403 g/mol. The zero-order valence-electron chi connectivity index (χ0n) is 17.6. The number of imidazole rings is 1. The molecule has 0 bridgehead atoms. The van der Waals surface area contributed by atoms with Crippen molar-refractivity contribution in [2.45, 2.75) is 46.7 Å². The fraction of sp³-hybridized carbons (Fsp3) is 0.304. The van der Waals surface area contributed by atoms with E-state index in [9.17, 15) is 4.79 Å². The number of nitrogens with zero attached hydrogens (tertiary/aromatic N) is 4. The topological polar surface area (TPSA) is 85.8 Å². The minimum absolute atomic E-state index is 0.161. The van der Waals surface area contributed by atoms with Crippen LogP contribution in [0.5, 0.6) is 0 Å². The average Bonchev–Trinajstić information content (AvgIpc) is 3.31. The molecule has 0 saturated heterocycles. The fourth-order valence-electron chi connectivity index (χ4n) is 3.47. The molecule has 4 aromatic rings. The van der Waals surface area contributed by atoms with Gasteiger partial charge >= 0.3 is 0 Å². The molecule has 1 N–H and O–H groups in total. The molecule has 0 unspecified atom stereocenters. The molecule has 0 spiro atoms. The van der Waals surface area contributed by atoms with Crippen LogP contribution < -0.4 is 5.32 Å². The number of fused-ring (bicyclic) bond motifs is 1. The van der Waals surface area contributed by atoms with Gasteiger partial charge in [-0.3, -0.25) is 4.79 Å². The summed E-state index contributed by atoms with van der Waals surface area (Å²) in [6.07, 6.45) is 3.76. The van der Waals surface area contributed by atoms with Crippen molar-refractivity contribution >= 4 is 17.0 Å². The van der Waals surface area contributed by atoms with E-state index < -0.39 is 0 Å². The minimum atomic E-state index is -0.161. The molecule has 3 aromatic heterocycles. The highest BCUT2D eigenvalue weighted by atomic mass is 16.5. The van der Waals surface area contributed by atoms with Gasteiger partial charge in [0, 0.05) is 31.2 Å². The highest BCUT2D eigenvalue weighted by molar-refractivity contribution is 6.06. The Morgan fingerprint density at radius 2 is 2.00 bits per heavy atom. The molecule has 0 aliphatic heterocycles. The van der Waals surface area contributed by atoms with Gasteiger partial charge in [-0.25, -0.2) is 9.97 Å². The fourth-order valence-corrected chi connectivity index (χ4v) is 3.47. The van der Waals surface area contributed by atoms with Gasteiger partial charge in [-0.1, -0.05) is 43.3 Å². The van der Waals surface area contributed by atoms with Gasteiger partial charge in [0.1, 0.15) is 5.82 Å². The Hall–Kier alpha value is -3.48. The van der Waals surface area contributed by atoms with Crippen molar-refractivity contribution in [3.63, 3.8) is 0 Å². The van der Waals surface area contributed by atoms with Crippen LogP contribution in [-0.4, -0.2) is 25.6 Å². The molecule has 1 amide bonds. The van der Waals surface area contributed by atoms with Gasteiger partial charge in [0.25, 0.3) is 11.6 Å². The predicted octanol–water partition coefficient (Wildman–Crippen LogP) is 4.14. The molecule has 0 radical (unpaired) electrons. The molecule has 30 heavy (non-hydrogen) atoms. The molecule has 0 aliphatic rings. The normalized spacial score (nSPS) is 11.4. The number of aryl methyl sites for hydroxylation is 2. The summed E-state index contributed by atoms with van der Waals surface area (Å²) in [7, 11) is 0. The predicted molar refractivity (Wildman–Crippen MR) is 114 cm³/mol. The number of carbonyl (C=O) groups excluding carboxylic acids is 1.